The monoisotopic (exact) mass is 237 g/mol. The fraction of sp³-hybridized carbons (Fsp3) is 0.600. The summed E-state index contributed by atoms with van der Waals surface area (Å²) >= 11 is 0. The quantitative estimate of drug-likeness (QED) is 0.742. The number of halogens is 1. The lowest BCUT2D eigenvalue weighted by atomic mass is 9.99. The maximum Gasteiger partial charge on any atom is 0.126 e. The van der Waals surface area contributed by atoms with Gasteiger partial charge in [-0.2, -0.15) is 0 Å². The molecule has 1 rings (SSSR count). The lowest BCUT2D eigenvalue weighted by Crippen LogP contribution is -2.22. The van der Waals surface area contributed by atoms with Crippen LogP contribution in [-0.4, -0.2) is 6.54 Å². The van der Waals surface area contributed by atoms with E-state index in [1.165, 1.54) is 18.4 Å². The lowest BCUT2D eigenvalue weighted by molar-refractivity contribution is 0.480. The maximum absolute atomic E-state index is 13.2. The first kappa shape index (κ1) is 14.2. The van der Waals surface area contributed by atoms with Gasteiger partial charge in [0.15, 0.2) is 0 Å². The molecule has 0 bridgehead atoms. The minimum absolute atomic E-state index is 0.113. The van der Waals surface area contributed by atoms with Crippen molar-refractivity contribution in [2.24, 2.45) is 0 Å². The van der Waals surface area contributed by atoms with Gasteiger partial charge in [0, 0.05) is 6.04 Å². The second-order valence-corrected chi connectivity index (χ2v) is 4.66. The van der Waals surface area contributed by atoms with Crippen LogP contribution in [0.1, 0.15) is 56.7 Å². The molecule has 1 N–H and O–H groups in total. The normalized spacial score (nSPS) is 12.7. The van der Waals surface area contributed by atoms with E-state index in [0.29, 0.717) is 6.04 Å². The van der Waals surface area contributed by atoms with E-state index in [1.54, 1.807) is 6.07 Å². The molecule has 0 aliphatic rings. The molecular formula is C15H24FN. The molecule has 0 saturated carbocycles. The van der Waals surface area contributed by atoms with Gasteiger partial charge in [-0.3, -0.25) is 0 Å². The maximum atomic E-state index is 13.2. The van der Waals surface area contributed by atoms with Crippen molar-refractivity contribution in [3.05, 3.63) is 35.1 Å². The van der Waals surface area contributed by atoms with Crippen molar-refractivity contribution in [2.45, 2.75) is 52.5 Å². The van der Waals surface area contributed by atoms with Crippen LogP contribution in [0.5, 0.6) is 0 Å². The summed E-state index contributed by atoms with van der Waals surface area (Å²) in [6, 6.07) is 5.83. The van der Waals surface area contributed by atoms with E-state index >= 15 is 0 Å². The molecule has 1 nitrogen and oxygen atoms in total. The minimum atomic E-state index is -0.113. The zero-order chi connectivity index (χ0) is 12.7. The first-order valence-electron chi connectivity index (χ1n) is 6.68. The Balaban J connectivity index is 2.75. The van der Waals surface area contributed by atoms with Crippen molar-refractivity contribution < 1.29 is 4.39 Å². The summed E-state index contributed by atoms with van der Waals surface area (Å²) in [5.41, 5.74) is 1.95. The molecule has 2 heteroatoms. The largest absolute Gasteiger partial charge is 0.310 e. The minimum Gasteiger partial charge on any atom is -0.310 e. The second kappa shape index (κ2) is 7.44. The molecular weight excluding hydrogens is 213 g/mol. The zero-order valence-electron chi connectivity index (χ0n) is 11.2. The van der Waals surface area contributed by atoms with E-state index in [0.717, 1.165) is 24.9 Å². The summed E-state index contributed by atoms with van der Waals surface area (Å²) in [7, 11) is 0. The van der Waals surface area contributed by atoms with Crippen molar-refractivity contribution in [1.82, 2.24) is 5.32 Å². The molecule has 96 valence electrons. The first-order chi connectivity index (χ1) is 8.19. The van der Waals surface area contributed by atoms with E-state index in [-0.39, 0.29) is 5.82 Å². The Morgan fingerprint density at radius 1 is 1.24 bits per heavy atom. The van der Waals surface area contributed by atoms with Gasteiger partial charge in [0.1, 0.15) is 5.82 Å². The molecule has 1 aromatic carbocycles. The Morgan fingerprint density at radius 2 is 2.00 bits per heavy atom. The van der Waals surface area contributed by atoms with Gasteiger partial charge in [0.2, 0.25) is 0 Å². The molecule has 0 spiro atoms. The molecule has 0 aromatic heterocycles. The van der Waals surface area contributed by atoms with Gasteiger partial charge in [0.05, 0.1) is 0 Å². The number of rotatable bonds is 7. The molecule has 1 atom stereocenters. The van der Waals surface area contributed by atoms with Gasteiger partial charge in [0.25, 0.3) is 0 Å². The number of hydrogen-bond acceptors (Lipinski definition) is 1. The van der Waals surface area contributed by atoms with Crippen LogP contribution in [0.2, 0.25) is 0 Å². The van der Waals surface area contributed by atoms with Crippen molar-refractivity contribution in [1.29, 1.82) is 0 Å². The molecule has 0 heterocycles. The third-order valence-corrected chi connectivity index (χ3v) is 3.07. The number of aryl methyl sites for hydroxylation is 1. The number of unbranched alkanes of at least 4 members (excludes halogenated alkanes) is 1. The highest BCUT2D eigenvalue weighted by atomic mass is 19.1. The average molecular weight is 237 g/mol. The smallest absolute Gasteiger partial charge is 0.126 e. The fourth-order valence-electron chi connectivity index (χ4n) is 2.00. The summed E-state index contributed by atoms with van der Waals surface area (Å²) < 4.78 is 13.2. The third kappa shape index (κ3) is 4.47. The highest BCUT2D eigenvalue weighted by Gasteiger charge is 2.11. The van der Waals surface area contributed by atoms with Crippen molar-refractivity contribution in [3.63, 3.8) is 0 Å². The molecule has 17 heavy (non-hydrogen) atoms. The summed E-state index contributed by atoms with van der Waals surface area (Å²) in [5, 5.41) is 3.54. The molecule has 0 fully saturated rings. The molecule has 0 radical (unpaired) electrons. The summed E-state index contributed by atoms with van der Waals surface area (Å²) in [5.74, 6) is -0.113. The van der Waals surface area contributed by atoms with E-state index in [1.807, 2.05) is 19.1 Å². The SMILES string of the molecule is CCCCC(NCCC)c1ccc(F)c(C)c1. The standard InChI is InChI=1S/C15H24FN/c1-4-6-7-15(17-10-5-2)13-8-9-14(16)12(3)11-13/h8-9,11,15,17H,4-7,10H2,1-3H3. The van der Waals surface area contributed by atoms with Crippen LogP contribution in [0.15, 0.2) is 18.2 Å². The first-order valence-corrected chi connectivity index (χ1v) is 6.68. The topological polar surface area (TPSA) is 12.0 Å². The average Bonchev–Trinajstić information content (AvgIpc) is 2.33. The summed E-state index contributed by atoms with van der Waals surface area (Å²) in [4.78, 5) is 0. The third-order valence-electron chi connectivity index (χ3n) is 3.07. The highest BCUT2D eigenvalue weighted by Crippen LogP contribution is 2.21. The molecule has 0 aliphatic heterocycles. The Kier molecular flexibility index (Phi) is 6.20. The Morgan fingerprint density at radius 3 is 2.59 bits per heavy atom. The molecule has 1 unspecified atom stereocenters. The van der Waals surface area contributed by atoms with E-state index in [9.17, 15) is 4.39 Å². The predicted molar refractivity (Wildman–Crippen MR) is 71.7 cm³/mol. The van der Waals surface area contributed by atoms with Crippen molar-refractivity contribution >= 4 is 0 Å². The van der Waals surface area contributed by atoms with E-state index in [2.05, 4.69) is 19.2 Å². The van der Waals surface area contributed by atoms with Crippen molar-refractivity contribution in [3.8, 4) is 0 Å². The number of benzene rings is 1. The Labute approximate surface area is 104 Å². The van der Waals surface area contributed by atoms with Gasteiger partial charge >= 0.3 is 0 Å². The lowest BCUT2D eigenvalue weighted by Gasteiger charge is -2.19. The molecule has 0 saturated heterocycles. The van der Waals surface area contributed by atoms with Gasteiger partial charge in [-0.15, -0.1) is 0 Å². The van der Waals surface area contributed by atoms with Crippen LogP contribution in [-0.2, 0) is 0 Å². The summed E-state index contributed by atoms with van der Waals surface area (Å²) in [6.07, 6.45) is 4.66. The van der Waals surface area contributed by atoms with E-state index in [4.69, 9.17) is 0 Å². The summed E-state index contributed by atoms with van der Waals surface area (Å²) in [6.45, 7) is 7.22. The van der Waals surface area contributed by atoms with Crippen LogP contribution < -0.4 is 5.32 Å². The molecule has 0 amide bonds. The van der Waals surface area contributed by atoms with Crippen LogP contribution in [0.25, 0.3) is 0 Å². The van der Waals surface area contributed by atoms with Gasteiger partial charge in [-0.25, -0.2) is 4.39 Å². The van der Waals surface area contributed by atoms with Crippen LogP contribution in [0.3, 0.4) is 0 Å². The van der Waals surface area contributed by atoms with Crippen LogP contribution >= 0.6 is 0 Å². The zero-order valence-corrected chi connectivity index (χ0v) is 11.2. The molecule has 0 aliphatic carbocycles. The van der Waals surface area contributed by atoms with E-state index < -0.39 is 0 Å². The fourth-order valence-corrected chi connectivity index (χ4v) is 2.00. The predicted octanol–water partition coefficient (Wildman–Crippen LogP) is 4.37. The van der Waals surface area contributed by atoms with Crippen molar-refractivity contribution in [2.75, 3.05) is 6.54 Å². The second-order valence-electron chi connectivity index (χ2n) is 4.66. The molecule has 1 aromatic rings. The van der Waals surface area contributed by atoms with Crippen LogP contribution in [0.4, 0.5) is 4.39 Å². The van der Waals surface area contributed by atoms with Crippen LogP contribution in [0, 0.1) is 12.7 Å². The van der Waals surface area contributed by atoms with Gasteiger partial charge in [-0.05, 0) is 43.5 Å². The number of nitrogens with one attached hydrogen (secondary N) is 1. The Hall–Kier alpha value is -0.890. The van der Waals surface area contributed by atoms with Gasteiger partial charge < -0.3 is 5.32 Å². The Bertz CT molecular complexity index is 328. The van der Waals surface area contributed by atoms with Gasteiger partial charge in [-0.1, -0.05) is 38.8 Å². The highest BCUT2D eigenvalue weighted by molar-refractivity contribution is 5.26. The number of hydrogen-bond donors (Lipinski definition) is 1.